The van der Waals surface area contributed by atoms with E-state index in [2.05, 4.69) is 11.1 Å². The van der Waals surface area contributed by atoms with Gasteiger partial charge in [-0.2, -0.15) is 5.26 Å². The third-order valence-electron chi connectivity index (χ3n) is 2.66. The van der Waals surface area contributed by atoms with E-state index in [9.17, 15) is 5.11 Å². The Kier molecular flexibility index (Phi) is 2.84. The second-order valence-electron chi connectivity index (χ2n) is 3.78. The molecule has 16 heavy (non-hydrogen) atoms. The number of rotatable bonds is 2. The summed E-state index contributed by atoms with van der Waals surface area (Å²) < 4.78 is 0. The summed E-state index contributed by atoms with van der Waals surface area (Å²) in [6.07, 6.45) is 0.902. The van der Waals surface area contributed by atoms with Crippen LogP contribution in [0.25, 0.3) is 10.9 Å². The smallest absolute Gasteiger partial charge is 0.0966 e. The molecule has 0 aliphatic rings. The van der Waals surface area contributed by atoms with Crippen LogP contribution in [-0.2, 0) is 0 Å². The molecule has 2 aromatic rings. The summed E-state index contributed by atoms with van der Waals surface area (Å²) in [5, 5.41) is 19.8. The van der Waals surface area contributed by atoms with Gasteiger partial charge in [-0.3, -0.25) is 4.98 Å². The second kappa shape index (κ2) is 4.30. The first-order valence-corrected chi connectivity index (χ1v) is 5.15. The minimum absolute atomic E-state index is 0.437. The lowest BCUT2D eigenvalue weighted by Crippen LogP contribution is -2.07. The summed E-state index contributed by atoms with van der Waals surface area (Å²) in [4.78, 5) is 4.25. The zero-order chi connectivity index (χ0) is 11.5. The SMILES string of the molecule is CC(C#N)C(O)c1cccc2cccnc12. The molecule has 0 saturated heterocycles. The second-order valence-corrected chi connectivity index (χ2v) is 3.78. The lowest BCUT2D eigenvalue weighted by Gasteiger charge is -2.14. The van der Waals surface area contributed by atoms with Crippen LogP contribution in [0.1, 0.15) is 18.6 Å². The molecular formula is C13H12N2O. The molecule has 0 aliphatic carbocycles. The Labute approximate surface area is 94.0 Å². The van der Waals surface area contributed by atoms with Crippen molar-refractivity contribution in [1.29, 1.82) is 5.26 Å². The lowest BCUT2D eigenvalue weighted by molar-refractivity contribution is 0.144. The quantitative estimate of drug-likeness (QED) is 0.831. The van der Waals surface area contributed by atoms with Gasteiger partial charge in [0.1, 0.15) is 0 Å². The van der Waals surface area contributed by atoms with E-state index in [1.165, 1.54) is 0 Å². The van der Waals surface area contributed by atoms with E-state index in [1.807, 2.05) is 30.3 Å². The lowest BCUT2D eigenvalue weighted by atomic mass is 9.96. The highest BCUT2D eigenvalue weighted by atomic mass is 16.3. The number of fused-ring (bicyclic) bond motifs is 1. The highest BCUT2D eigenvalue weighted by molar-refractivity contribution is 5.81. The summed E-state index contributed by atoms with van der Waals surface area (Å²) in [5.41, 5.74) is 1.48. The van der Waals surface area contributed by atoms with Crippen molar-refractivity contribution in [2.75, 3.05) is 0 Å². The van der Waals surface area contributed by atoms with Gasteiger partial charge in [-0.15, -0.1) is 0 Å². The van der Waals surface area contributed by atoms with Crippen molar-refractivity contribution in [3.05, 3.63) is 42.1 Å². The molecule has 0 saturated carbocycles. The van der Waals surface area contributed by atoms with E-state index in [0.29, 0.717) is 5.56 Å². The zero-order valence-corrected chi connectivity index (χ0v) is 8.96. The molecule has 0 bridgehead atoms. The third kappa shape index (κ3) is 1.75. The Bertz CT molecular complexity index is 540. The number of hydrogen-bond donors (Lipinski definition) is 1. The summed E-state index contributed by atoms with van der Waals surface area (Å²) in [6, 6.07) is 11.5. The van der Waals surface area contributed by atoms with Gasteiger partial charge in [-0.05, 0) is 13.0 Å². The van der Waals surface area contributed by atoms with Crippen LogP contribution in [0.3, 0.4) is 0 Å². The first kappa shape index (κ1) is 10.6. The number of benzene rings is 1. The van der Waals surface area contributed by atoms with E-state index in [1.54, 1.807) is 13.1 Å². The van der Waals surface area contributed by atoms with E-state index >= 15 is 0 Å². The molecule has 1 heterocycles. The number of para-hydroxylation sites is 1. The highest BCUT2D eigenvalue weighted by Gasteiger charge is 2.18. The van der Waals surface area contributed by atoms with Crippen molar-refractivity contribution in [2.45, 2.75) is 13.0 Å². The molecule has 80 valence electrons. The molecule has 3 nitrogen and oxygen atoms in total. The molecule has 1 N–H and O–H groups in total. The van der Waals surface area contributed by atoms with Gasteiger partial charge in [0.15, 0.2) is 0 Å². The Morgan fingerprint density at radius 2 is 2.06 bits per heavy atom. The molecule has 0 aliphatic heterocycles. The fourth-order valence-electron chi connectivity index (χ4n) is 1.71. The standard InChI is InChI=1S/C13H12N2O/c1-9(8-14)13(16)11-6-2-4-10-5-3-7-15-12(10)11/h2-7,9,13,16H,1H3. The average Bonchev–Trinajstić information content (AvgIpc) is 2.36. The van der Waals surface area contributed by atoms with Gasteiger partial charge >= 0.3 is 0 Å². The van der Waals surface area contributed by atoms with Crippen LogP contribution in [0, 0.1) is 17.2 Å². The first-order valence-electron chi connectivity index (χ1n) is 5.15. The highest BCUT2D eigenvalue weighted by Crippen LogP contribution is 2.27. The molecule has 2 unspecified atom stereocenters. The average molecular weight is 212 g/mol. The van der Waals surface area contributed by atoms with Crippen LogP contribution in [0.4, 0.5) is 0 Å². The Hall–Kier alpha value is -1.92. The van der Waals surface area contributed by atoms with Crippen molar-refractivity contribution in [3.8, 4) is 6.07 Å². The maximum Gasteiger partial charge on any atom is 0.0966 e. The van der Waals surface area contributed by atoms with Gasteiger partial charge in [0.2, 0.25) is 0 Å². The summed E-state index contributed by atoms with van der Waals surface area (Å²) in [5.74, 6) is -0.437. The number of nitrogens with zero attached hydrogens (tertiary/aromatic N) is 2. The maximum absolute atomic E-state index is 10.0. The minimum atomic E-state index is -0.788. The summed E-state index contributed by atoms with van der Waals surface area (Å²) >= 11 is 0. The third-order valence-corrected chi connectivity index (χ3v) is 2.66. The Morgan fingerprint density at radius 1 is 1.31 bits per heavy atom. The fraction of sp³-hybridized carbons (Fsp3) is 0.231. The normalized spacial score (nSPS) is 14.3. The Balaban J connectivity index is 2.57. The number of aromatic nitrogens is 1. The van der Waals surface area contributed by atoms with Crippen molar-refractivity contribution < 1.29 is 5.11 Å². The number of nitriles is 1. The van der Waals surface area contributed by atoms with Gasteiger partial charge < -0.3 is 5.11 Å². The van der Waals surface area contributed by atoms with Crippen molar-refractivity contribution in [3.63, 3.8) is 0 Å². The van der Waals surface area contributed by atoms with E-state index < -0.39 is 12.0 Å². The first-order chi connectivity index (χ1) is 7.74. The van der Waals surface area contributed by atoms with E-state index in [4.69, 9.17) is 5.26 Å². The van der Waals surface area contributed by atoms with Crippen molar-refractivity contribution in [1.82, 2.24) is 4.98 Å². The Morgan fingerprint density at radius 3 is 2.81 bits per heavy atom. The van der Waals surface area contributed by atoms with Crippen LogP contribution >= 0.6 is 0 Å². The van der Waals surface area contributed by atoms with Crippen LogP contribution in [-0.4, -0.2) is 10.1 Å². The minimum Gasteiger partial charge on any atom is -0.387 e. The van der Waals surface area contributed by atoms with Gasteiger partial charge in [-0.25, -0.2) is 0 Å². The largest absolute Gasteiger partial charge is 0.387 e. The molecule has 2 atom stereocenters. The number of aliphatic hydroxyl groups is 1. The van der Waals surface area contributed by atoms with Crippen LogP contribution in [0.15, 0.2) is 36.5 Å². The van der Waals surface area contributed by atoms with Gasteiger partial charge in [0.25, 0.3) is 0 Å². The molecule has 0 radical (unpaired) electrons. The maximum atomic E-state index is 10.0. The molecule has 3 heteroatoms. The summed E-state index contributed by atoms with van der Waals surface area (Å²) in [7, 11) is 0. The van der Waals surface area contributed by atoms with Crippen LogP contribution < -0.4 is 0 Å². The fourth-order valence-corrected chi connectivity index (χ4v) is 1.71. The van der Waals surface area contributed by atoms with Crippen LogP contribution in [0.5, 0.6) is 0 Å². The van der Waals surface area contributed by atoms with Gasteiger partial charge in [0.05, 0.1) is 23.6 Å². The molecular weight excluding hydrogens is 200 g/mol. The predicted octanol–water partition coefficient (Wildman–Crippen LogP) is 2.43. The number of hydrogen-bond acceptors (Lipinski definition) is 3. The molecule has 0 spiro atoms. The van der Waals surface area contributed by atoms with Gasteiger partial charge in [0, 0.05) is 17.1 Å². The van der Waals surface area contributed by atoms with Crippen molar-refractivity contribution in [2.24, 2.45) is 5.92 Å². The topological polar surface area (TPSA) is 56.9 Å². The van der Waals surface area contributed by atoms with Crippen molar-refractivity contribution >= 4 is 10.9 Å². The molecule has 0 amide bonds. The van der Waals surface area contributed by atoms with Gasteiger partial charge in [-0.1, -0.05) is 24.3 Å². The molecule has 1 aromatic heterocycles. The summed E-state index contributed by atoms with van der Waals surface area (Å²) in [6.45, 7) is 1.70. The zero-order valence-electron chi connectivity index (χ0n) is 8.96. The van der Waals surface area contributed by atoms with Crippen LogP contribution in [0.2, 0.25) is 0 Å². The molecule has 1 aromatic carbocycles. The molecule has 0 fully saturated rings. The number of pyridine rings is 1. The monoisotopic (exact) mass is 212 g/mol. The molecule has 2 rings (SSSR count). The predicted molar refractivity (Wildman–Crippen MR) is 61.5 cm³/mol. The van der Waals surface area contributed by atoms with E-state index in [-0.39, 0.29) is 0 Å². The number of aliphatic hydroxyl groups excluding tert-OH is 1. The van der Waals surface area contributed by atoms with E-state index in [0.717, 1.165) is 10.9 Å².